The van der Waals surface area contributed by atoms with Gasteiger partial charge in [0.15, 0.2) is 0 Å². The highest BCUT2D eigenvalue weighted by molar-refractivity contribution is 6.01. The first-order valence-corrected chi connectivity index (χ1v) is 11.0. The second-order valence-electron chi connectivity index (χ2n) is 8.12. The van der Waals surface area contributed by atoms with Crippen molar-refractivity contribution < 1.29 is 14.1 Å². The number of hydrogen-bond donors (Lipinski definition) is 1. The Hall–Kier alpha value is -4.39. The van der Waals surface area contributed by atoms with Crippen LogP contribution in [0.25, 0.3) is 17.0 Å². The number of amides is 2. The minimum absolute atomic E-state index is 0.235. The Balaban J connectivity index is 1.66. The molecule has 0 saturated heterocycles. The molecule has 3 aromatic carbocycles. The Bertz CT molecular complexity index is 1360. The fourth-order valence-corrected chi connectivity index (χ4v) is 4.13. The lowest BCUT2D eigenvalue weighted by Crippen LogP contribution is -2.46. The summed E-state index contributed by atoms with van der Waals surface area (Å²) in [6.45, 7) is 3.91. The molecule has 1 N–H and O–H groups in total. The number of nitrogens with one attached hydrogen (secondary N) is 1. The minimum Gasteiger partial charge on any atom is -0.497 e. The van der Waals surface area contributed by atoms with Crippen LogP contribution in [0.2, 0.25) is 0 Å². The van der Waals surface area contributed by atoms with Gasteiger partial charge in [0.05, 0.1) is 24.4 Å². The SMILES string of the molecule is COc1cccc(C2NC(=O)N(c3ccc(C)cc3)C(C)=C2c2nc(-c3ccccc3)no2)c1. The number of urea groups is 1. The number of carbonyl (C=O) groups is 1. The topological polar surface area (TPSA) is 80.5 Å². The summed E-state index contributed by atoms with van der Waals surface area (Å²) in [6, 6.07) is 24.3. The molecule has 34 heavy (non-hydrogen) atoms. The molecule has 0 bridgehead atoms. The van der Waals surface area contributed by atoms with Crippen LogP contribution in [0.15, 0.2) is 89.1 Å². The van der Waals surface area contributed by atoms with Gasteiger partial charge in [-0.1, -0.05) is 65.3 Å². The Labute approximate surface area is 197 Å². The van der Waals surface area contributed by atoms with Gasteiger partial charge in [-0.3, -0.25) is 4.90 Å². The number of hydrogen-bond acceptors (Lipinski definition) is 5. The highest BCUT2D eigenvalue weighted by atomic mass is 16.5. The lowest BCUT2D eigenvalue weighted by Gasteiger charge is -2.35. The number of methoxy groups -OCH3 is 1. The van der Waals surface area contributed by atoms with Crippen molar-refractivity contribution in [3.8, 4) is 17.1 Å². The summed E-state index contributed by atoms with van der Waals surface area (Å²) < 4.78 is 11.2. The summed E-state index contributed by atoms with van der Waals surface area (Å²) in [6.07, 6.45) is 0. The average molecular weight is 453 g/mol. The van der Waals surface area contributed by atoms with Gasteiger partial charge in [0.2, 0.25) is 5.82 Å². The van der Waals surface area contributed by atoms with Crippen LogP contribution in [0, 0.1) is 6.92 Å². The van der Waals surface area contributed by atoms with E-state index >= 15 is 0 Å². The van der Waals surface area contributed by atoms with E-state index in [9.17, 15) is 4.79 Å². The minimum atomic E-state index is -0.492. The van der Waals surface area contributed by atoms with E-state index in [2.05, 4.69) is 10.5 Å². The number of ether oxygens (including phenoxy) is 1. The third-order valence-electron chi connectivity index (χ3n) is 5.89. The Morgan fingerprint density at radius 2 is 1.74 bits per heavy atom. The first kappa shape index (κ1) is 21.5. The predicted octanol–water partition coefficient (Wildman–Crippen LogP) is 5.76. The van der Waals surface area contributed by atoms with Crippen LogP contribution in [-0.4, -0.2) is 23.3 Å². The average Bonchev–Trinajstić information content (AvgIpc) is 3.35. The van der Waals surface area contributed by atoms with Gasteiger partial charge in [-0.05, 0) is 43.7 Å². The summed E-state index contributed by atoms with van der Waals surface area (Å²) >= 11 is 0. The van der Waals surface area contributed by atoms with E-state index in [1.165, 1.54) is 0 Å². The smallest absolute Gasteiger partial charge is 0.326 e. The number of rotatable bonds is 5. The quantitative estimate of drug-likeness (QED) is 0.417. The lowest BCUT2D eigenvalue weighted by atomic mass is 9.94. The van der Waals surface area contributed by atoms with E-state index in [4.69, 9.17) is 14.2 Å². The van der Waals surface area contributed by atoms with Crippen LogP contribution < -0.4 is 15.0 Å². The number of benzene rings is 3. The van der Waals surface area contributed by atoms with Crippen molar-refractivity contribution in [2.45, 2.75) is 19.9 Å². The third-order valence-corrected chi connectivity index (χ3v) is 5.89. The van der Waals surface area contributed by atoms with Gasteiger partial charge in [0.1, 0.15) is 5.75 Å². The van der Waals surface area contributed by atoms with Crippen molar-refractivity contribution in [1.82, 2.24) is 15.5 Å². The number of anilines is 1. The number of carbonyl (C=O) groups excluding carboxylic acids is 1. The molecule has 7 heteroatoms. The molecule has 1 unspecified atom stereocenters. The molecule has 5 rings (SSSR count). The van der Waals surface area contributed by atoms with Crippen molar-refractivity contribution in [3.63, 3.8) is 0 Å². The zero-order valence-electron chi connectivity index (χ0n) is 19.1. The predicted molar refractivity (Wildman–Crippen MR) is 130 cm³/mol. The fourth-order valence-electron chi connectivity index (χ4n) is 4.13. The largest absolute Gasteiger partial charge is 0.497 e. The summed E-state index contributed by atoms with van der Waals surface area (Å²) in [4.78, 5) is 19.6. The Morgan fingerprint density at radius 3 is 2.47 bits per heavy atom. The first-order valence-electron chi connectivity index (χ1n) is 11.0. The second-order valence-corrected chi connectivity index (χ2v) is 8.12. The molecular formula is C27H24N4O3. The Kier molecular flexibility index (Phi) is 5.59. The number of allylic oxidation sites excluding steroid dienone is 1. The highest BCUT2D eigenvalue weighted by Gasteiger charge is 2.36. The van der Waals surface area contributed by atoms with Gasteiger partial charge in [-0.2, -0.15) is 4.98 Å². The number of nitrogens with zero attached hydrogens (tertiary/aromatic N) is 3. The molecule has 170 valence electrons. The van der Waals surface area contributed by atoms with Gasteiger partial charge in [-0.15, -0.1) is 0 Å². The van der Waals surface area contributed by atoms with E-state index in [0.717, 1.165) is 28.0 Å². The van der Waals surface area contributed by atoms with Crippen molar-refractivity contribution in [2.24, 2.45) is 0 Å². The molecule has 0 spiro atoms. The van der Waals surface area contributed by atoms with E-state index < -0.39 is 6.04 Å². The van der Waals surface area contributed by atoms with E-state index in [1.807, 2.05) is 92.7 Å². The summed E-state index contributed by atoms with van der Waals surface area (Å²) in [7, 11) is 1.61. The molecule has 1 aliphatic heterocycles. The fraction of sp³-hybridized carbons (Fsp3) is 0.148. The van der Waals surface area contributed by atoms with Crippen molar-refractivity contribution in [3.05, 3.63) is 102 Å². The second kappa shape index (κ2) is 8.86. The molecule has 2 amide bonds. The normalized spacial score (nSPS) is 15.9. The van der Waals surface area contributed by atoms with E-state index in [1.54, 1.807) is 12.0 Å². The van der Waals surface area contributed by atoms with Crippen LogP contribution in [-0.2, 0) is 0 Å². The molecule has 1 aliphatic rings. The van der Waals surface area contributed by atoms with Gasteiger partial charge in [0.25, 0.3) is 5.89 Å². The molecule has 0 aliphatic carbocycles. The van der Waals surface area contributed by atoms with Gasteiger partial charge in [0, 0.05) is 11.3 Å². The maximum Gasteiger partial charge on any atom is 0.326 e. The van der Waals surface area contributed by atoms with Crippen LogP contribution in [0.1, 0.15) is 30.0 Å². The van der Waals surface area contributed by atoms with Gasteiger partial charge in [-0.25, -0.2) is 4.79 Å². The van der Waals surface area contributed by atoms with Crippen LogP contribution >= 0.6 is 0 Å². The van der Waals surface area contributed by atoms with E-state index in [0.29, 0.717) is 23.2 Å². The molecule has 0 fully saturated rings. The molecule has 0 saturated carbocycles. The highest BCUT2D eigenvalue weighted by Crippen LogP contribution is 2.39. The van der Waals surface area contributed by atoms with Crippen LogP contribution in [0.3, 0.4) is 0 Å². The number of aryl methyl sites for hydroxylation is 1. The standard InChI is InChI=1S/C27H24N4O3/c1-17-12-14-21(15-13-17)31-18(2)23(26-29-25(30-34-26)19-8-5-4-6-9-19)24(28-27(31)32)20-10-7-11-22(16-20)33-3/h4-16,24H,1-3H3,(H,28,32). The monoisotopic (exact) mass is 452 g/mol. The van der Waals surface area contributed by atoms with Crippen LogP contribution in [0.4, 0.5) is 10.5 Å². The third kappa shape index (κ3) is 3.92. The molecule has 1 aromatic heterocycles. The van der Waals surface area contributed by atoms with Crippen LogP contribution in [0.5, 0.6) is 5.75 Å². The van der Waals surface area contributed by atoms with Gasteiger partial charge >= 0.3 is 6.03 Å². The van der Waals surface area contributed by atoms with E-state index in [-0.39, 0.29) is 6.03 Å². The van der Waals surface area contributed by atoms with Crippen molar-refractivity contribution in [2.75, 3.05) is 12.0 Å². The molecule has 4 aromatic rings. The molecular weight excluding hydrogens is 428 g/mol. The summed E-state index contributed by atoms with van der Waals surface area (Å²) in [5.41, 5.74) is 5.01. The lowest BCUT2D eigenvalue weighted by molar-refractivity contribution is 0.244. The molecule has 7 nitrogen and oxygen atoms in total. The summed E-state index contributed by atoms with van der Waals surface area (Å²) in [5, 5.41) is 7.33. The zero-order chi connectivity index (χ0) is 23.7. The zero-order valence-corrected chi connectivity index (χ0v) is 19.1. The summed E-state index contributed by atoms with van der Waals surface area (Å²) in [5.74, 6) is 1.53. The maximum atomic E-state index is 13.3. The molecule has 1 atom stereocenters. The Morgan fingerprint density at radius 1 is 0.971 bits per heavy atom. The molecule has 2 heterocycles. The van der Waals surface area contributed by atoms with Crippen molar-refractivity contribution in [1.29, 1.82) is 0 Å². The number of aromatic nitrogens is 2. The maximum absolute atomic E-state index is 13.3. The van der Waals surface area contributed by atoms with Crippen molar-refractivity contribution >= 4 is 17.3 Å². The van der Waals surface area contributed by atoms with Gasteiger partial charge < -0.3 is 14.6 Å². The first-order chi connectivity index (χ1) is 16.5. The molecule has 0 radical (unpaired) electrons.